The number of hydrogen-bond acceptors (Lipinski definition) is 3. The number of nitrogen functional groups attached to an aromatic ring is 1. The van der Waals surface area contributed by atoms with Gasteiger partial charge in [-0.25, -0.2) is 0 Å². The molecule has 0 saturated carbocycles. The highest BCUT2D eigenvalue weighted by molar-refractivity contribution is 6.37. The first kappa shape index (κ1) is 13.8. The number of halogens is 2. The van der Waals surface area contributed by atoms with Crippen molar-refractivity contribution in [3.05, 3.63) is 32.6 Å². The molecule has 100 valence electrons. The molecule has 1 aliphatic heterocycles. The number of amides is 1. The standard InChI is InChI=1S/C11H11Cl2N5O/c12-7-2-8(13)11(14)9(3-7)18-5-6(1-10(18)19)4-16-17-15/h2-3,6H,1,4-5,14H2. The Morgan fingerprint density at radius 3 is 2.95 bits per heavy atom. The minimum absolute atomic E-state index is 0.0134. The summed E-state index contributed by atoms with van der Waals surface area (Å²) in [5.41, 5.74) is 15.0. The molecule has 1 heterocycles. The molecule has 1 aliphatic rings. The van der Waals surface area contributed by atoms with Gasteiger partial charge in [-0.05, 0) is 23.6 Å². The van der Waals surface area contributed by atoms with E-state index in [0.717, 1.165) is 0 Å². The molecule has 0 spiro atoms. The average molecular weight is 300 g/mol. The van der Waals surface area contributed by atoms with Crippen LogP contribution in [0, 0.1) is 5.92 Å². The zero-order valence-corrected chi connectivity index (χ0v) is 11.4. The van der Waals surface area contributed by atoms with Crippen molar-refractivity contribution < 1.29 is 4.79 Å². The number of nitrogens with zero attached hydrogens (tertiary/aromatic N) is 4. The maximum Gasteiger partial charge on any atom is 0.227 e. The van der Waals surface area contributed by atoms with Crippen LogP contribution in [0.4, 0.5) is 11.4 Å². The van der Waals surface area contributed by atoms with Crippen molar-refractivity contribution in [1.29, 1.82) is 0 Å². The van der Waals surface area contributed by atoms with Gasteiger partial charge in [-0.3, -0.25) is 4.79 Å². The van der Waals surface area contributed by atoms with Gasteiger partial charge >= 0.3 is 0 Å². The van der Waals surface area contributed by atoms with E-state index in [0.29, 0.717) is 34.4 Å². The highest BCUT2D eigenvalue weighted by Crippen LogP contribution is 2.36. The zero-order chi connectivity index (χ0) is 14.0. The van der Waals surface area contributed by atoms with Crippen molar-refractivity contribution in [2.45, 2.75) is 6.42 Å². The van der Waals surface area contributed by atoms with Crippen LogP contribution in [-0.4, -0.2) is 19.0 Å². The minimum Gasteiger partial charge on any atom is -0.396 e. The fourth-order valence-corrected chi connectivity index (χ4v) is 2.57. The van der Waals surface area contributed by atoms with E-state index in [9.17, 15) is 4.79 Å². The summed E-state index contributed by atoms with van der Waals surface area (Å²) in [6.07, 6.45) is 0.322. The fraction of sp³-hybridized carbons (Fsp3) is 0.364. The van der Waals surface area contributed by atoms with Gasteiger partial charge in [0.1, 0.15) is 0 Å². The average Bonchev–Trinajstić information content (AvgIpc) is 2.72. The van der Waals surface area contributed by atoms with Gasteiger partial charge in [0.05, 0.1) is 16.4 Å². The van der Waals surface area contributed by atoms with Crippen LogP contribution < -0.4 is 10.6 Å². The van der Waals surface area contributed by atoms with Crippen LogP contribution in [0.3, 0.4) is 0 Å². The Morgan fingerprint density at radius 2 is 2.26 bits per heavy atom. The number of nitrogens with two attached hydrogens (primary N) is 1. The molecule has 0 aromatic heterocycles. The molecule has 1 atom stereocenters. The second-order valence-corrected chi connectivity index (χ2v) is 5.15. The van der Waals surface area contributed by atoms with Crippen molar-refractivity contribution in [2.75, 3.05) is 23.7 Å². The first-order chi connectivity index (χ1) is 9.02. The first-order valence-electron chi connectivity index (χ1n) is 5.58. The minimum atomic E-state index is -0.0804. The summed E-state index contributed by atoms with van der Waals surface area (Å²) in [5.74, 6) is -0.0938. The lowest BCUT2D eigenvalue weighted by molar-refractivity contribution is -0.117. The van der Waals surface area contributed by atoms with Crippen molar-refractivity contribution in [1.82, 2.24) is 0 Å². The Kier molecular flexibility index (Phi) is 4.04. The number of carbonyl (C=O) groups excluding carboxylic acids is 1. The highest BCUT2D eigenvalue weighted by Gasteiger charge is 2.31. The van der Waals surface area contributed by atoms with Gasteiger partial charge in [-0.2, -0.15) is 0 Å². The summed E-state index contributed by atoms with van der Waals surface area (Å²) in [5, 5.41) is 4.22. The topological polar surface area (TPSA) is 95.1 Å². The van der Waals surface area contributed by atoms with Gasteiger partial charge in [0.2, 0.25) is 5.91 Å². The van der Waals surface area contributed by atoms with E-state index < -0.39 is 0 Å². The molecule has 0 aliphatic carbocycles. The van der Waals surface area contributed by atoms with Crippen LogP contribution in [0.25, 0.3) is 10.4 Å². The summed E-state index contributed by atoms with van der Waals surface area (Å²) in [4.78, 5) is 16.2. The van der Waals surface area contributed by atoms with Crippen LogP contribution >= 0.6 is 23.2 Å². The van der Waals surface area contributed by atoms with Gasteiger partial charge < -0.3 is 10.6 Å². The molecular weight excluding hydrogens is 289 g/mol. The van der Waals surface area contributed by atoms with E-state index in [1.165, 1.54) is 11.0 Å². The maximum absolute atomic E-state index is 12.0. The third-order valence-electron chi connectivity index (χ3n) is 2.97. The van der Waals surface area contributed by atoms with E-state index >= 15 is 0 Å². The molecule has 8 heteroatoms. The van der Waals surface area contributed by atoms with E-state index in [-0.39, 0.29) is 18.4 Å². The number of rotatable bonds is 3. The first-order valence-corrected chi connectivity index (χ1v) is 6.34. The van der Waals surface area contributed by atoms with Crippen LogP contribution in [0.5, 0.6) is 0 Å². The van der Waals surface area contributed by atoms with Crippen LogP contribution in [0.1, 0.15) is 6.42 Å². The van der Waals surface area contributed by atoms with E-state index in [1.807, 2.05) is 0 Å². The van der Waals surface area contributed by atoms with E-state index in [4.69, 9.17) is 34.5 Å². The van der Waals surface area contributed by atoms with Gasteiger partial charge in [-0.15, -0.1) is 0 Å². The largest absolute Gasteiger partial charge is 0.396 e. The van der Waals surface area contributed by atoms with Gasteiger partial charge in [-0.1, -0.05) is 28.3 Å². The molecule has 1 unspecified atom stereocenters. The van der Waals surface area contributed by atoms with Crippen molar-refractivity contribution in [3.8, 4) is 0 Å². The summed E-state index contributed by atoms with van der Waals surface area (Å²) in [7, 11) is 0. The fourth-order valence-electron chi connectivity index (χ4n) is 2.08. The van der Waals surface area contributed by atoms with E-state index in [2.05, 4.69) is 10.0 Å². The highest BCUT2D eigenvalue weighted by atomic mass is 35.5. The van der Waals surface area contributed by atoms with Crippen molar-refractivity contribution in [2.24, 2.45) is 11.0 Å². The normalized spacial score (nSPS) is 18.5. The molecule has 0 radical (unpaired) electrons. The Morgan fingerprint density at radius 1 is 1.53 bits per heavy atom. The molecule has 2 N–H and O–H groups in total. The lowest BCUT2D eigenvalue weighted by Crippen LogP contribution is -2.25. The molecule has 1 amide bonds. The lowest BCUT2D eigenvalue weighted by atomic mass is 10.1. The Hall–Kier alpha value is -1.62. The van der Waals surface area contributed by atoms with Gasteiger partial charge in [0, 0.05) is 29.4 Å². The van der Waals surface area contributed by atoms with Crippen LogP contribution in [-0.2, 0) is 4.79 Å². The SMILES string of the molecule is [N-]=[N+]=NCC1CC(=O)N(c2cc(Cl)cc(Cl)c2N)C1. The summed E-state index contributed by atoms with van der Waals surface area (Å²) in [6, 6.07) is 3.14. The summed E-state index contributed by atoms with van der Waals surface area (Å²) >= 11 is 11.9. The number of hydrogen-bond donors (Lipinski definition) is 1. The molecule has 1 saturated heterocycles. The predicted octanol–water partition coefficient (Wildman–Crippen LogP) is 3.24. The zero-order valence-electron chi connectivity index (χ0n) is 9.88. The van der Waals surface area contributed by atoms with Gasteiger partial charge in [0.25, 0.3) is 0 Å². The van der Waals surface area contributed by atoms with E-state index in [1.54, 1.807) is 6.07 Å². The van der Waals surface area contributed by atoms with Crippen molar-refractivity contribution >= 4 is 40.5 Å². The quantitative estimate of drug-likeness (QED) is 0.401. The second-order valence-electron chi connectivity index (χ2n) is 4.31. The predicted molar refractivity (Wildman–Crippen MR) is 75.3 cm³/mol. The maximum atomic E-state index is 12.0. The summed E-state index contributed by atoms with van der Waals surface area (Å²) < 4.78 is 0. The molecule has 2 rings (SSSR count). The third-order valence-corrected chi connectivity index (χ3v) is 3.50. The Labute approximate surface area is 119 Å². The molecule has 1 aromatic carbocycles. The number of carbonyl (C=O) groups is 1. The van der Waals surface area contributed by atoms with Crippen LogP contribution in [0.15, 0.2) is 17.2 Å². The molecule has 1 fully saturated rings. The molecule has 6 nitrogen and oxygen atoms in total. The molecule has 1 aromatic rings. The third kappa shape index (κ3) is 2.87. The van der Waals surface area contributed by atoms with Gasteiger partial charge in [0.15, 0.2) is 0 Å². The molecule has 0 bridgehead atoms. The summed E-state index contributed by atoms with van der Waals surface area (Å²) in [6.45, 7) is 0.728. The lowest BCUT2D eigenvalue weighted by Gasteiger charge is -2.19. The van der Waals surface area contributed by atoms with Crippen LogP contribution in [0.2, 0.25) is 10.0 Å². The smallest absolute Gasteiger partial charge is 0.227 e. The number of anilines is 2. The monoisotopic (exact) mass is 299 g/mol. The molecule has 19 heavy (non-hydrogen) atoms. The Balaban J connectivity index is 2.28. The van der Waals surface area contributed by atoms with Crippen molar-refractivity contribution in [3.63, 3.8) is 0 Å². The Bertz CT molecular complexity index is 570. The molecular formula is C11H11Cl2N5O. The number of benzene rings is 1. The number of azide groups is 1. The second kappa shape index (κ2) is 5.57.